The van der Waals surface area contributed by atoms with Crippen molar-refractivity contribution in [2.75, 3.05) is 5.32 Å². The molecule has 0 atom stereocenters. The van der Waals surface area contributed by atoms with Crippen LogP contribution in [0.15, 0.2) is 54.6 Å². The number of aryl methyl sites for hydroxylation is 2. The number of rotatable bonds is 5. The van der Waals surface area contributed by atoms with E-state index in [4.69, 9.17) is 0 Å². The fourth-order valence-electron chi connectivity index (χ4n) is 3.30. The van der Waals surface area contributed by atoms with E-state index in [1.165, 1.54) is 4.68 Å². The molecule has 0 saturated carbocycles. The summed E-state index contributed by atoms with van der Waals surface area (Å²) in [6, 6.07) is 16.4. The predicted molar refractivity (Wildman–Crippen MR) is 110 cm³/mol. The van der Waals surface area contributed by atoms with Gasteiger partial charge in [-0.15, -0.1) is 5.10 Å². The normalized spacial score (nSPS) is 10.8. The number of benzene rings is 2. The van der Waals surface area contributed by atoms with Crippen LogP contribution < -0.4 is 5.32 Å². The van der Waals surface area contributed by atoms with Crippen molar-refractivity contribution in [3.8, 4) is 17.1 Å². The summed E-state index contributed by atoms with van der Waals surface area (Å²) in [4.78, 5) is 25.6. The first-order valence-electron chi connectivity index (χ1n) is 9.26. The second kappa shape index (κ2) is 7.70. The van der Waals surface area contributed by atoms with Crippen molar-refractivity contribution in [3.05, 3.63) is 71.5 Å². The maximum Gasteiger partial charge on any atom is 0.296 e. The molecule has 0 aliphatic carbocycles. The number of carbonyl (C=O) groups is 2. The molecule has 0 saturated heterocycles. The highest BCUT2D eigenvalue weighted by Gasteiger charge is 2.25. The molecule has 2 aromatic carbocycles. The minimum absolute atomic E-state index is 0.296. The number of hydrogen-bond acceptors (Lipinski definition) is 6. The van der Waals surface area contributed by atoms with Crippen LogP contribution in [0, 0.1) is 13.8 Å². The third kappa shape index (κ3) is 3.48. The lowest BCUT2D eigenvalue weighted by Crippen LogP contribution is -2.24. The van der Waals surface area contributed by atoms with Gasteiger partial charge in [0.25, 0.3) is 11.7 Å². The molecule has 0 aliphatic rings. The Morgan fingerprint density at radius 3 is 2.47 bits per heavy atom. The first-order chi connectivity index (χ1) is 14.5. The summed E-state index contributed by atoms with van der Waals surface area (Å²) in [5, 5.41) is 18.5. The van der Waals surface area contributed by atoms with Crippen LogP contribution in [0.4, 0.5) is 5.69 Å². The number of aromatic nitrogens is 6. The average molecular weight is 401 g/mol. The molecule has 30 heavy (non-hydrogen) atoms. The molecule has 4 rings (SSSR count). The topological polar surface area (TPSA) is 108 Å². The smallest absolute Gasteiger partial charge is 0.296 e. The molecule has 0 aliphatic heterocycles. The number of carbonyl (C=O) groups excluding carboxylic acids is 2. The zero-order valence-corrected chi connectivity index (χ0v) is 16.7. The van der Waals surface area contributed by atoms with Crippen LogP contribution in [0.25, 0.3) is 17.1 Å². The van der Waals surface area contributed by atoms with Crippen LogP contribution in [0.3, 0.4) is 0 Å². The number of hydrogen-bond donors (Lipinski definition) is 1. The summed E-state index contributed by atoms with van der Waals surface area (Å²) in [6.07, 6.45) is 0. The molecular weight excluding hydrogens is 382 g/mol. The molecule has 2 aromatic heterocycles. The zero-order chi connectivity index (χ0) is 21.3. The maximum absolute atomic E-state index is 12.9. The molecule has 0 radical (unpaired) electrons. The first kappa shape index (κ1) is 19.2. The molecule has 9 nitrogen and oxygen atoms in total. The second-order valence-electron chi connectivity index (χ2n) is 6.78. The molecule has 2 heterocycles. The van der Waals surface area contributed by atoms with Crippen molar-refractivity contribution >= 4 is 17.4 Å². The van der Waals surface area contributed by atoms with E-state index >= 15 is 0 Å². The Morgan fingerprint density at radius 1 is 1.00 bits per heavy atom. The highest BCUT2D eigenvalue weighted by Crippen LogP contribution is 2.21. The van der Waals surface area contributed by atoms with E-state index in [9.17, 15) is 9.59 Å². The van der Waals surface area contributed by atoms with Gasteiger partial charge in [0.05, 0.1) is 22.6 Å². The quantitative estimate of drug-likeness (QED) is 0.407. The van der Waals surface area contributed by atoms with Gasteiger partial charge in [-0.2, -0.15) is 5.10 Å². The lowest BCUT2D eigenvalue weighted by Gasteiger charge is -2.07. The van der Waals surface area contributed by atoms with E-state index in [1.54, 1.807) is 43.8 Å². The van der Waals surface area contributed by atoms with Gasteiger partial charge in [-0.1, -0.05) is 30.3 Å². The van der Waals surface area contributed by atoms with Crippen molar-refractivity contribution < 1.29 is 9.59 Å². The van der Waals surface area contributed by atoms with Crippen LogP contribution in [-0.2, 0) is 11.8 Å². The van der Waals surface area contributed by atoms with E-state index in [1.807, 2.05) is 36.4 Å². The summed E-state index contributed by atoms with van der Waals surface area (Å²) in [5.74, 6) is -0.826. The Labute approximate surface area is 172 Å². The summed E-state index contributed by atoms with van der Waals surface area (Å²) < 4.78 is 3.19. The highest BCUT2D eigenvalue weighted by atomic mass is 16.2. The number of para-hydroxylation sites is 1. The SMILES string of the molecule is Cc1nn(-c2ccccc2)c(C)c1C(=O)C(=O)Nc1cccc(-c2nnnn2C)c1. The van der Waals surface area contributed by atoms with E-state index in [0.29, 0.717) is 28.5 Å². The van der Waals surface area contributed by atoms with E-state index in [-0.39, 0.29) is 0 Å². The Balaban J connectivity index is 1.59. The Hall–Kier alpha value is -4.14. The van der Waals surface area contributed by atoms with Gasteiger partial charge in [0, 0.05) is 18.3 Å². The molecule has 0 unspecified atom stereocenters. The minimum Gasteiger partial charge on any atom is -0.319 e. The van der Waals surface area contributed by atoms with Crippen molar-refractivity contribution in [3.63, 3.8) is 0 Å². The van der Waals surface area contributed by atoms with Gasteiger partial charge in [0.1, 0.15) is 0 Å². The Bertz CT molecular complexity index is 1240. The van der Waals surface area contributed by atoms with E-state index in [2.05, 4.69) is 25.9 Å². The molecule has 150 valence electrons. The molecule has 9 heteroatoms. The molecule has 1 amide bonds. The highest BCUT2D eigenvalue weighted by molar-refractivity contribution is 6.47. The number of tetrazole rings is 1. The van der Waals surface area contributed by atoms with Crippen LogP contribution in [0.5, 0.6) is 0 Å². The van der Waals surface area contributed by atoms with E-state index in [0.717, 1.165) is 11.3 Å². The monoisotopic (exact) mass is 401 g/mol. The summed E-state index contributed by atoms with van der Waals surface area (Å²) in [5.41, 5.74) is 3.41. The first-order valence-corrected chi connectivity index (χ1v) is 9.26. The van der Waals surface area contributed by atoms with Crippen molar-refractivity contribution in [1.82, 2.24) is 30.0 Å². The number of nitrogens with one attached hydrogen (secondary N) is 1. The van der Waals surface area contributed by atoms with Gasteiger partial charge >= 0.3 is 0 Å². The molecule has 4 aromatic rings. The lowest BCUT2D eigenvalue weighted by molar-refractivity contribution is -0.112. The number of amides is 1. The number of Topliss-reactive ketones (excluding diaryl/α,β-unsaturated/α-hetero) is 1. The lowest BCUT2D eigenvalue weighted by atomic mass is 10.1. The molecule has 0 spiro atoms. The molecule has 0 fully saturated rings. The van der Waals surface area contributed by atoms with Gasteiger partial charge in [0.15, 0.2) is 5.82 Å². The fraction of sp³-hybridized carbons (Fsp3) is 0.143. The molecular formula is C21H19N7O2. The van der Waals surface area contributed by atoms with Crippen LogP contribution in [-0.4, -0.2) is 41.7 Å². The Morgan fingerprint density at radius 2 is 1.77 bits per heavy atom. The van der Waals surface area contributed by atoms with Gasteiger partial charge in [0.2, 0.25) is 0 Å². The third-order valence-corrected chi connectivity index (χ3v) is 4.72. The van der Waals surface area contributed by atoms with Crippen molar-refractivity contribution in [2.45, 2.75) is 13.8 Å². The van der Waals surface area contributed by atoms with Gasteiger partial charge in [-0.3, -0.25) is 9.59 Å². The average Bonchev–Trinajstić information content (AvgIpc) is 3.30. The summed E-state index contributed by atoms with van der Waals surface area (Å²) >= 11 is 0. The van der Waals surface area contributed by atoms with Gasteiger partial charge < -0.3 is 5.32 Å². The number of nitrogens with zero attached hydrogens (tertiary/aromatic N) is 6. The van der Waals surface area contributed by atoms with Crippen molar-refractivity contribution in [2.24, 2.45) is 7.05 Å². The second-order valence-corrected chi connectivity index (χ2v) is 6.78. The van der Waals surface area contributed by atoms with Gasteiger partial charge in [-0.05, 0) is 48.5 Å². The summed E-state index contributed by atoms with van der Waals surface area (Å²) in [7, 11) is 1.72. The van der Waals surface area contributed by atoms with Crippen LogP contribution >= 0.6 is 0 Å². The number of anilines is 1. The van der Waals surface area contributed by atoms with Gasteiger partial charge in [-0.25, -0.2) is 9.36 Å². The van der Waals surface area contributed by atoms with E-state index < -0.39 is 11.7 Å². The zero-order valence-electron chi connectivity index (χ0n) is 16.7. The van der Waals surface area contributed by atoms with Crippen LogP contribution in [0.1, 0.15) is 21.7 Å². The third-order valence-electron chi connectivity index (χ3n) is 4.72. The molecule has 1 N–H and O–H groups in total. The minimum atomic E-state index is -0.734. The molecule has 0 bridgehead atoms. The number of ketones is 1. The standard InChI is InChI=1S/C21H19N7O2/c1-13-18(14(2)28(24-13)17-10-5-4-6-11-17)19(29)21(30)22-16-9-7-8-15(12-16)20-23-25-26-27(20)3/h4-12H,1-3H3,(H,22,30). The maximum atomic E-state index is 12.9. The largest absolute Gasteiger partial charge is 0.319 e. The summed E-state index contributed by atoms with van der Waals surface area (Å²) in [6.45, 7) is 3.49. The Kier molecular flexibility index (Phi) is 4.93. The predicted octanol–water partition coefficient (Wildman–Crippen LogP) is 2.50. The van der Waals surface area contributed by atoms with Crippen molar-refractivity contribution in [1.29, 1.82) is 0 Å². The van der Waals surface area contributed by atoms with Crippen LogP contribution in [0.2, 0.25) is 0 Å². The fourth-order valence-corrected chi connectivity index (χ4v) is 3.30.